The number of nitrogens with zero attached hydrogens (tertiary/aromatic N) is 2. The first kappa shape index (κ1) is 37.1. The largest absolute Gasteiger partial charge is 0.508 e. The third kappa shape index (κ3) is 14.1. The summed E-state index contributed by atoms with van der Waals surface area (Å²) in [6, 6.07) is 1.89. The molecule has 1 aliphatic heterocycles. The molecule has 1 saturated heterocycles. The van der Waals surface area contributed by atoms with Crippen molar-refractivity contribution in [3.05, 3.63) is 29.8 Å². The van der Waals surface area contributed by atoms with Crippen molar-refractivity contribution < 1.29 is 34.2 Å². The van der Waals surface area contributed by atoms with Gasteiger partial charge in [-0.25, -0.2) is 4.79 Å². The smallest absolute Gasteiger partial charge is 0.326 e. The van der Waals surface area contributed by atoms with E-state index in [1.165, 1.54) is 24.3 Å². The summed E-state index contributed by atoms with van der Waals surface area (Å²) in [6.07, 6.45) is 2.23. The maximum absolute atomic E-state index is 13.2. The van der Waals surface area contributed by atoms with E-state index in [0.29, 0.717) is 24.9 Å². The molecule has 18 nitrogen and oxygen atoms in total. The molecule has 4 unspecified atom stereocenters. The Morgan fingerprint density at radius 1 is 0.848 bits per heavy atom. The Kier molecular flexibility index (Phi) is 15.5. The quantitative estimate of drug-likeness (QED) is 0.0395. The average molecular weight is 648 g/mol. The number of nitrogens with one attached hydrogen (secondary N) is 5. The molecule has 4 atom stereocenters. The number of phenols is 1. The van der Waals surface area contributed by atoms with Crippen LogP contribution in [0.4, 0.5) is 0 Å². The number of phenolic OH excluding ortho intramolecular Hbond substituents is 1. The Labute approximate surface area is 266 Å². The monoisotopic (exact) mass is 647 g/mol. The number of rotatable bonds is 19. The zero-order valence-corrected chi connectivity index (χ0v) is 25.5. The summed E-state index contributed by atoms with van der Waals surface area (Å²) in [6.45, 7) is 0.523. The maximum Gasteiger partial charge on any atom is 0.326 e. The van der Waals surface area contributed by atoms with Crippen molar-refractivity contribution in [3.8, 4) is 5.75 Å². The third-order valence-electron chi connectivity index (χ3n) is 6.97. The minimum Gasteiger partial charge on any atom is -0.508 e. The molecule has 46 heavy (non-hydrogen) atoms. The van der Waals surface area contributed by atoms with Crippen LogP contribution in [0.2, 0.25) is 0 Å². The van der Waals surface area contributed by atoms with E-state index in [2.05, 4.69) is 36.6 Å². The molecule has 2 rings (SSSR count). The topological polar surface area (TPSA) is 315 Å². The van der Waals surface area contributed by atoms with Crippen molar-refractivity contribution in [1.29, 1.82) is 0 Å². The van der Waals surface area contributed by atoms with E-state index in [0.717, 1.165) is 6.42 Å². The van der Waals surface area contributed by atoms with Gasteiger partial charge in [-0.1, -0.05) is 12.1 Å². The van der Waals surface area contributed by atoms with E-state index < -0.39 is 54.4 Å². The molecule has 1 aromatic rings. The molecule has 0 aliphatic carbocycles. The van der Waals surface area contributed by atoms with Gasteiger partial charge in [0.15, 0.2) is 11.9 Å². The summed E-state index contributed by atoms with van der Waals surface area (Å²) in [5, 5.41) is 32.4. The number of aromatic hydroxyl groups is 1. The van der Waals surface area contributed by atoms with E-state index in [9.17, 15) is 34.2 Å². The molecule has 1 aromatic carbocycles. The van der Waals surface area contributed by atoms with Gasteiger partial charge in [0.2, 0.25) is 23.6 Å². The first-order valence-corrected chi connectivity index (χ1v) is 14.9. The minimum atomic E-state index is -1.34. The van der Waals surface area contributed by atoms with Gasteiger partial charge in [0, 0.05) is 19.5 Å². The number of benzene rings is 1. The number of carbonyl (C=O) groups excluding carboxylic acids is 4. The SMILES string of the molecule is NC(N)=NCCCC(NC(=O)CNC(=O)C(CCCN=C(N)N)NC(=O)C1CCCN1)C(=O)NC(Cc1ccc(O)cc1)C(=O)O. The van der Waals surface area contributed by atoms with Gasteiger partial charge in [0.05, 0.1) is 12.6 Å². The number of hydrogen-bond donors (Lipinski definition) is 11. The molecule has 18 heteroatoms. The highest BCUT2D eigenvalue weighted by atomic mass is 16.4. The summed E-state index contributed by atoms with van der Waals surface area (Å²) < 4.78 is 0. The van der Waals surface area contributed by atoms with E-state index in [1.54, 1.807) is 0 Å². The fourth-order valence-corrected chi connectivity index (χ4v) is 4.60. The minimum absolute atomic E-state index is 0.000713. The number of carboxylic acids is 1. The molecule has 1 heterocycles. The van der Waals surface area contributed by atoms with Crippen molar-refractivity contribution in [2.75, 3.05) is 26.2 Å². The number of aliphatic imine (C=N–C) groups is 2. The molecule has 0 radical (unpaired) electrons. The van der Waals surface area contributed by atoms with Crippen molar-refractivity contribution in [3.63, 3.8) is 0 Å². The zero-order chi connectivity index (χ0) is 34.1. The van der Waals surface area contributed by atoms with E-state index >= 15 is 0 Å². The average Bonchev–Trinajstić information content (AvgIpc) is 3.54. The van der Waals surface area contributed by atoms with Crippen LogP contribution in [0.3, 0.4) is 0 Å². The standard InChI is InChI=1S/C28H45N11O7/c29-27(30)34-12-2-5-19(38-24(43)18-4-1-11-33-18)23(42)36-15-22(41)37-20(6-3-13-35-28(31)32)25(44)39-21(26(45)46)14-16-7-9-17(40)10-8-16/h7-10,18-21,33,40H,1-6,11-15H2,(H,36,42)(H,37,41)(H,38,43)(H,39,44)(H,45,46)(H4,29,30,34)(H4,31,32,35). The highest BCUT2D eigenvalue weighted by Crippen LogP contribution is 2.12. The fraction of sp³-hybridized carbons (Fsp3) is 0.536. The number of guanidine groups is 2. The maximum atomic E-state index is 13.2. The Hall–Kier alpha value is -5.13. The van der Waals surface area contributed by atoms with Gasteiger partial charge in [0.25, 0.3) is 0 Å². The number of aliphatic carboxylic acids is 1. The van der Waals surface area contributed by atoms with Crippen LogP contribution in [0, 0.1) is 0 Å². The second-order valence-corrected chi connectivity index (χ2v) is 10.7. The molecule has 254 valence electrons. The zero-order valence-electron chi connectivity index (χ0n) is 25.5. The van der Waals surface area contributed by atoms with Crippen molar-refractivity contribution >= 4 is 41.5 Å². The van der Waals surface area contributed by atoms with Gasteiger partial charge in [-0.15, -0.1) is 0 Å². The lowest BCUT2D eigenvalue weighted by molar-refractivity contribution is -0.142. The molecule has 0 aromatic heterocycles. The fourth-order valence-electron chi connectivity index (χ4n) is 4.60. The summed E-state index contributed by atoms with van der Waals surface area (Å²) in [5.74, 6) is -4.05. The highest BCUT2D eigenvalue weighted by Gasteiger charge is 2.29. The van der Waals surface area contributed by atoms with Gasteiger partial charge in [-0.2, -0.15) is 0 Å². The Balaban J connectivity index is 2.05. The van der Waals surface area contributed by atoms with Gasteiger partial charge in [-0.05, 0) is 62.8 Å². The third-order valence-corrected chi connectivity index (χ3v) is 6.97. The number of carboxylic acid groups (broad SMARTS) is 1. The summed E-state index contributed by atoms with van der Waals surface area (Å²) in [4.78, 5) is 71.4. The number of amides is 4. The summed E-state index contributed by atoms with van der Waals surface area (Å²) >= 11 is 0. The highest BCUT2D eigenvalue weighted by molar-refractivity contribution is 5.94. The molecule has 0 spiro atoms. The van der Waals surface area contributed by atoms with Crippen LogP contribution < -0.4 is 49.5 Å². The second-order valence-electron chi connectivity index (χ2n) is 10.7. The number of hydrogen-bond acceptors (Lipinski definition) is 9. The molecular weight excluding hydrogens is 602 g/mol. The normalized spacial score (nSPS) is 15.8. The van der Waals surface area contributed by atoms with Crippen LogP contribution in [-0.2, 0) is 30.4 Å². The predicted octanol–water partition coefficient (Wildman–Crippen LogP) is -3.55. The van der Waals surface area contributed by atoms with Crippen molar-refractivity contribution in [2.45, 2.75) is 69.1 Å². The number of nitrogens with two attached hydrogens (primary N) is 4. The van der Waals surface area contributed by atoms with Crippen molar-refractivity contribution in [1.82, 2.24) is 26.6 Å². The lowest BCUT2D eigenvalue weighted by Crippen LogP contribution is -2.55. The van der Waals surface area contributed by atoms with E-state index in [1.807, 2.05) is 0 Å². The van der Waals surface area contributed by atoms with Crippen LogP contribution in [0.5, 0.6) is 5.75 Å². The second kappa shape index (κ2) is 19.3. The molecule has 0 saturated carbocycles. The summed E-state index contributed by atoms with van der Waals surface area (Å²) in [7, 11) is 0. The Morgan fingerprint density at radius 2 is 1.43 bits per heavy atom. The molecular formula is C28H45N11O7. The molecule has 1 fully saturated rings. The van der Waals surface area contributed by atoms with E-state index in [-0.39, 0.29) is 62.3 Å². The van der Waals surface area contributed by atoms with Gasteiger partial charge >= 0.3 is 5.97 Å². The summed E-state index contributed by atoms with van der Waals surface area (Å²) in [5.41, 5.74) is 21.9. The molecule has 1 aliphatic rings. The number of carbonyl (C=O) groups is 5. The van der Waals surface area contributed by atoms with Crippen LogP contribution in [0.15, 0.2) is 34.3 Å². The van der Waals surface area contributed by atoms with Gasteiger partial charge < -0.3 is 59.7 Å². The van der Waals surface area contributed by atoms with Crippen LogP contribution in [0.1, 0.15) is 44.1 Å². The van der Waals surface area contributed by atoms with E-state index in [4.69, 9.17) is 22.9 Å². The van der Waals surface area contributed by atoms with Gasteiger partial charge in [0.1, 0.15) is 23.9 Å². The predicted molar refractivity (Wildman–Crippen MR) is 169 cm³/mol. The lowest BCUT2D eigenvalue weighted by Gasteiger charge is -2.23. The molecule has 15 N–H and O–H groups in total. The first-order valence-electron chi connectivity index (χ1n) is 14.9. The molecule has 0 bridgehead atoms. The Morgan fingerprint density at radius 3 is 1.96 bits per heavy atom. The lowest BCUT2D eigenvalue weighted by atomic mass is 10.0. The van der Waals surface area contributed by atoms with Crippen LogP contribution >= 0.6 is 0 Å². The van der Waals surface area contributed by atoms with Crippen LogP contribution in [-0.4, -0.2) is 102 Å². The van der Waals surface area contributed by atoms with Crippen molar-refractivity contribution in [2.24, 2.45) is 32.9 Å². The molecule has 4 amide bonds. The first-order chi connectivity index (χ1) is 21.8. The van der Waals surface area contributed by atoms with Crippen LogP contribution in [0.25, 0.3) is 0 Å². The Bertz CT molecular complexity index is 1240. The van der Waals surface area contributed by atoms with Gasteiger partial charge in [-0.3, -0.25) is 29.2 Å².